The Hall–Kier alpha value is -3.44. The summed E-state index contributed by atoms with van der Waals surface area (Å²) in [6.45, 7) is 3.52. The van der Waals surface area contributed by atoms with Gasteiger partial charge in [0.15, 0.2) is 0 Å². The molecule has 0 radical (unpaired) electrons. The van der Waals surface area contributed by atoms with Crippen LogP contribution in [0.2, 0.25) is 0 Å². The summed E-state index contributed by atoms with van der Waals surface area (Å²) in [6, 6.07) is 25.7. The number of fused-ring (bicyclic) bond motifs is 1. The number of nitrogens with one attached hydrogen (secondary N) is 1. The minimum absolute atomic E-state index is 0.0160. The van der Waals surface area contributed by atoms with Crippen molar-refractivity contribution in [3.8, 4) is 0 Å². The molecule has 3 aromatic rings. The van der Waals surface area contributed by atoms with Crippen LogP contribution in [0.5, 0.6) is 0 Å². The van der Waals surface area contributed by atoms with E-state index in [1.807, 2.05) is 54.6 Å². The van der Waals surface area contributed by atoms with Gasteiger partial charge in [-0.15, -0.1) is 0 Å². The predicted molar refractivity (Wildman–Crippen MR) is 130 cm³/mol. The number of hydrogen-bond acceptors (Lipinski definition) is 3. The van der Waals surface area contributed by atoms with Crippen LogP contribution in [-0.2, 0) is 13.0 Å². The van der Waals surface area contributed by atoms with Crippen molar-refractivity contribution in [2.24, 2.45) is 0 Å². The van der Waals surface area contributed by atoms with Crippen LogP contribution >= 0.6 is 0 Å². The number of carbonyl (C=O) groups is 2. The molecule has 2 heterocycles. The van der Waals surface area contributed by atoms with Crippen molar-refractivity contribution in [3.63, 3.8) is 0 Å². The molecule has 1 N–H and O–H groups in total. The molecule has 0 unspecified atom stereocenters. The molecule has 5 heteroatoms. The van der Waals surface area contributed by atoms with Crippen molar-refractivity contribution in [2.75, 3.05) is 24.5 Å². The van der Waals surface area contributed by atoms with E-state index in [1.54, 1.807) is 4.90 Å². The van der Waals surface area contributed by atoms with Gasteiger partial charge in [-0.2, -0.15) is 0 Å². The van der Waals surface area contributed by atoms with Gasteiger partial charge in [0.25, 0.3) is 11.8 Å². The van der Waals surface area contributed by atoms with E-state index in [0.29, 0.717) is 24.1 Å². The summed E-state index contributed by atoms with van der Waals surface area (Å²) in [7, 11) is 0. The zero-order chi connectivity index (χ0) is 22.6. The van der Waals surface area contributed by atoms with E-state index in [1.165, 1.54) is 5.56 Å². The third kappa shape index (κ3) is 4.69. The van der Waals surface area contributed by atoms with E-state index in [4.69, 9.17) is 0 Å². The quantitative estimate of drug-likeness (QED) is 0.646. The maximum absolute atomic E-state index is 13.2. The van der Waals surface area contributed by atoms with E-state index in [2.05, 4.69) is 34.5 Å². The lowest BCUT2D eigenvalue weighted by atomic mass is 10.0. The number of piperidine rings is 1. The van der Waals surface area contributed by atoms with Crippen LogP contribution in [-0.4, -0.2) is 42.4 Å². The van der Waals surface area contributed by atoms with E-state index < -0.39 is 0 Å². The van der Waals surface area contributed by atoms with Crippen molar-refractivity contribution < 1.29 is 9.59 Å². The Kier molecular flexibility index (Phi) is 6.22. The van der Waals surface area contributed by atoms with Crippen molar-refractivity contribution >= 4 is 17.5 Å². The highest BCUT2D eigenvalue weighted by molar-refractivity contribution is 6.08. The highest BCUT2D eigenvalue weighted by atomic mass is 16.2. The summed E-state index contributed by atoms with van der Waals surface area (Å²) in [5, 5.41) is 3.26. The average molecular weight is 440 g/mol. The van der Waals surface area contributed by atoms with Crippen molar-refractivity contribution in [1.82, 2.24) is 10.2 Å². The zero-order valence-corrected chi connectivity index (χ0v) is 18.7. The molecule has 33 heavy (non-hydrogen) atoms. The number of amides is 2. The third-order valence-electron chi connectivity index (χ3n) is 6.71. The molecule has 1 saturated heterocycles. The van der Waals surface area contributed by atoms with E-state index in [-0.39, 0.29) is 17.9 Å². The van der Waals surface area contributed by atoms with Crippen LogP contribution in [0.15, 0.2) is 78.9 Å². The normalized spacial score (nSPS) is 16.4. The van der Waals surface area contributed by atoms with Gasteiger partial charge < -0.3 is 10.2 Å². The molecule has 3 aromatic carbocycles. The monoisotopic (exact) mass is 439 g/mol. The molecule has 5 nitrogen and oxygen atoms in total. The predicted octanol–water partition coefficient (Wildman–Crippen LogP) is 4.28. The molecule has 0 aromatic heterocycles. The number of hydrogen-bond donors (Lipinski definition) is 1. The lowest BCUT2D eigenvalue weighted by molar-refractivity contribution is 0.0907. The highest BCUT2D eigenvalue weighted by Crippen LogP contribution is 2.32. The molecule has 0 bridgehead atoms. The molecule has 0 spiro atoms. The number of likely N-dealkylation sites (tertiary alicyclic amines) is 1. The molecule has 0 saturated carbocycles. The maximum Gasteiger partial charge on any atom is 0.258 e. The topological polar surface area (TPSA) is 52.7 Å². The van der Waals surface area contributed by atoms with Gasteiger partial charge >= 0.3 is 0 Å². The minimum Gasteiger partial charge on any atom is -0.349 e. The van der Waals surface area contributed by atoms with Gasteiger partial charge in [0, 0.05) is 49.0 Å². The Labute approximate surface area is 195 Å². The number of carbonyl (C=O) groups excluding carboxylic acids is 2. The number of nitrogens with zero attached hydrogens (tertiary/aromatic N) is 2. The largest absolute Gasteiger partial charge is 0.349 e. The van der Waals surface area contributed by atoms with Gasteiger partial charge in [0.05, 0.1) is 0 Å². The first-order valence-corrected chi connectivity index (χ1v) is 11.7. The number of benzene rings is 3. The molecule has 2 aliphatic rings. The summed E-state index contributed by atoms with van der Waals surface area (Å²) in [4.78, 5) is 30.4. The number of anilines is 1. The second-order valence-corrected chi connectivity index (χ2v) is 8.89. The molecular weight excluding hydrogens is 410 g/mol. The fourth-order valence-electron chi connectivity index (χ4n) is 4.93. The first-order valence-electron chi connectivity index (χ1n) is 11.7. The Morgan fingerprint density at radius 3 is 2.24 bits per heavy atom. The van der Waals surface area contributed by atoms with Crippen LogP contribution in [0, 0.1) is 0 Å². The summed E-state index contributed by atoms with van der Waals surface area (Å²) in [5.41, 5.74) is 4.52. The summed E-state index contributed by atoms with van der Waals surface area (Å²) in [6.07, 6.45) is 2.60. The second-order valence-electron chi connectivity index (χ2n) is 8.89. The van der Waals surface area contributed by atoms with Crippen LogP contribution in [0.4, 0.5) is 5.69 Å². The van der Waals surface area contributed by atoms with Crippen molar-refractivity contribution in [1.29, 1.82) is 0 Å². The fraction of sp³-hybridized carbons (Fsp3) is 0.286. The van der Waals surface area contributed by atoms with Gasteiger partial charge in [0.1, 0.15) is 0 Å². The first-order chi connectivity index (χ1) is 16.2. The summed E-state index contributed by atoms with van der Waals surface area (Å²) in [5.74, 6) is -0.0416. The Morgan fingerprint density at radius 2 is 1.52 bits per heavy atom. The maximum atomic E-state index is 13.2. The van der Waals surface area contributed by atoms with Gasteiger partial charge in [-0.05, 0) is 54.7 Å². The van der Waals surface area contributed by atoms with Gasteiger partial charge in [-0.3, -0.25) is 14.5 Å². The smallest absolute Gasteiger partial charge is 0.258 e. The molecule has 2 amide bonds. The average Bonchev–Trinajstić information content (AvgIpc) is 3.30. The molecule has 168 valence electrons. The van der Waals surface area contributed by atoms with E-state index in [0.717, 1.165) is 43.7 Å². The molecular formula is C28H29N3O2. The standard InChI is InChI=1S/C28H29N3O2/c32-27(29-23-14-17-30(18-15-23)20-21-8-3-1-4-9-21)25-12-7-13-26-24(25)16-19-31(26)28(33)22-10-5-2-6-11-22/h1-13,23H,14-20H2,(H,29,32). The molecule has 0 atom stereocenters. The Bertz CT molecular complexity index is 1120. The van der Waals surface area contributed by atoms with Crippen LogP contribution < -0.4 is 10.2 Å². The van der Waals surface area contributed by atoms with Crippen LogP contribution in [0.25, 0.3) is 0 Å². The molecule has 0 aliphatic carbocycles. The van der Waals surface area contributed by atoms with Gasteiger partial charge in [0.2, 0.25) is 0 Å². The van der Waals surface area contributed by atoms with Crippen molar-refractivity contribution in [3.05, 3.63) is 101 Å². The van der Waals surface area contributed by atoms with Gasteiger partial charge in [-0.1, -0.05) is 54.6 Å². The molecule has 5 rings (SSSR count). The number of rotatable bonds is 5. The molecule has 1 fully saturated rings. The Balaban J connectivity index is 1.22. The van der Waals surface area contributed by atoms with Crippen LogP contribution in [0.3, 0.4) is 0 Å². The Morgan fingerprint density at radius 1 is 0.818 bits per heavy atom. The lowest BCUT2D eigenvalue weighted by Gasteiger charge is -2.32. The lowest BCUT2D eigenvalue weighted by Crippen LogP contribution is -2.44. The van der Waals surface area contributed by atoms with Gasteiger partial charge in [-0.25, -0.2) is 0 Å². The second kappa shape index (κ2) is 9.59. The van der Waals surface area contributed by atoms with E-state index in [9.17, 15) is 9.59 Å². The van der Waals surface area contributed by atoms with Crippen molar-refractivity contribution in [2.45, 2.75) is 31.8 Å². The minimum atomic E-state index is -0.0256. The first kappa shape index (κ1) is 21.4. The SMILES string of the molecule is O=C(NC1CCN(Cc2ccccc2)CC1)c1cccc2c1CCN2C(=O)c1ccccc1. The summed E-state index contributed by atoms with van der Waals surface area (Å²) < 4.78 is 0. The third-order valence-corrected chi connectivity index (χ3v) is 6.71. The van der Waals surface area contributed by atoms with E-state index >= 15 is 0 Å². The molecule has 2 aliphatic heterocycles. The van der Waals surface area contributed by atoms with Crippen LogP contribution in [0.1, 0.15) is 44.7 Å². The fourth-order valence-corrected chi connectivity index (χ4v) is 4.93. The highest BCUT2D eigenvalue weighted by Gasteiger charge is 2.30. The summed E-state index contributed by atoms with van der Waals surface area (Å²) >= 11 is 0. The zero-order valence-electron chi connectivity index (χ0n) is 18.7.